The van der Waals surface area contributed by atoms with Crippen LogP contribution in [0.2, 0.25) is 0 Å². The smallest absolute Gasteiger partial charge is 0.275 e. The number of nitrogens with one attached hydrogen (secondary N) is 1. The maximum absolute atomic E-state index is 12.2. The third-order valence-electron chi connectivity index (χ3n) is 3.57. The molecular formula is C14H16N4O4. The van der Waals surface area contributed by atoms with E-state index >= 15 is 0 Å². The second kappa shape index (κ2) is 6.10. The van der Waals surface area contributed by atoms with Crippen LogP contribution in [0.4, 0.5) is 0 Å². The molecule has 1 aliphatic heterocycles. The van der Waals surface area contributed by atoms with Gasteiger partial charge in [-0.1, -0.05) is 5.16 Å². The Labute approximate surface area is 126 Å². The number of aryl methyl sites for hydroxylation is 1. The zero-order chi connectivity index (χ0) is 15.5. The van der Waals surface area contributed by atoms with Crippen LogP contribution in [0.25, 0.3) is 0 Å². The van der Waals surface area contributed by atoms with Crippen LogP contribution in [0.3, 0.4) is 0 Å². The molecule has 0 aromatic carbocycles. The van der Waals surface area contributed by atoms with Crippen molar-refractivity contribution < 1.29 is 18.9 Å². The minimum absolute atomic E-state index is 0.154. The number of amides is 1. The van der Waals surface area contributed by atoms with E-state index < -0.39 is 0 Å². The Balaban J connectivity index is 1.72. The molecule has 1 saturated heterocycles. The van der Waals surface area contributed by atoms with E-state index in [1.165, 1.54) is 0 Å². The number of nitrogens with zero attached hydrogens (tertiary/aromatic N) is 3. The largest absolute Gasteiger partial charge is 0.481 e. The maximum Gasteiger partial charge on any atom is 0.275 e. The Kier molecular flexibility index (Phi) is 4.01. The van der Waals surface area contributed by atoms with Gasteiger partial charge in [0.05, 0.1) is 13.2 Å². The van der Waals surface area contributed by atoms with Crippen LogP contribution < -0.4 is 10.1 Å². The summed E-state index contributed by atoms with van der Waals surface area (Å²) in [5, 5.41) is 10.1. The van der Waals surface area contributed by atoms with Crippen molar-refractivity contribution in [2.45, 2.75) is 25.5 Å². The molecule has 8 nitrogen and oxygen atoms in total. The Morgan fingerprint density at radius 3 is 2.91 bits per heavy atom. The zero-order valence-electron chi connectivity index (χ0n) is 12.3. The van der Waals surface area contributed by atoms with Crippen LogP contribution in [-0.2, 0) is 4.74 Å². The van der Waals surface area contributed by atoms with Crippen LogP contribution >= 0.6 is 0 Å². The van der Waals surface area contributed by atoms with E-state index in [0.717, 1.165) is 5.56 Å². The SMILES string of the molecule is COc1ccc([C@H]2OCC[C@@H]2NC(=O)c2nonc2C)cn1. The topological polar surface area (TPSA) is 99.4 Å². The van der Waals surface area contributed by atoms with E-state index in [1.54, 1.807) is 26.3 Å². The normalized spacial score (nSPS) is 20.8. The number of hydrogen-bond donors (Lipinski definition) is 1. The molecule has 0 radical (unpaired) electrons. The molecular weight excluding hydrogens is 288 g/mol. The molecule has 0 aliphatic carbocycles. The van der Waals surface area contributed by atoms with Gasteiger partial charge in [0.1, 0.15) is 11.8 Å². The highest BCUT2D eigenvalue weighted by molar-refractivity contribution is 5.93. The molecule has 1 fully saturated rings. The van der Waals surface area contributed by atoms with Gasteiger partial charge in [-0.05, 0) is 24.6 Å². The highest BCUT2D eigenvalue weighted by Gasteiger charge is 2.32. The zero-order valence-corrected chi connectivity index (χ0v) is 12.3. The Hall–Kier alpha value is -2.48. The molecule has 2 aromatic rings. The monoisotopic (exact) mass is 304 g/mol. The molecule has 1 aliphatic rings. The van der Waals surface area contributed by atoms with Gasteiger partial charge in [0.2, 0.25) is 5.88 Å². The fourth-order valence-corrected chi connectivity index (χ4v) is 2.42. The predicted molar refractivity (Wildman–Crippen MR) is 74.4 cm³/mol. The van der Waals surface area contributed by atoms with E-state index in [1.807, 2.05) is 6.07 Å². The number of methoxy groups -OCH3 is 1. The maximum atomic E-state index is 12.2. The Morgan fingerprint density at radius 2 is 2.27 bits per heavy atom. The molecule has 2 atom stereocenters. The van der Waals surface area contributed by atoms with Gasteiger partial charge in [-0.3, -0.25) is 4.79 Å². The van der Waals surface area contributed by atoms with Crippen molar-refractivity contribution in [1.82, 2.24) is 20.6 Å². The number of carbonyl (C=O) groups excluding carboxylic acids is 1. The van der Waals surface area contributed by atoms with Crippen molar-refractivity contribution in [1.29, 1.82) is 0 Å². The van der Waals surface area contributed by atoms with Crippen LogP contribution in [0.5, 0.6) is 5.88 Å². The van der Waals surface area contributed by atoms with E-state index in [0.29, 0.717) is 24.6 Å². The van der Waals surface area contributed by atoms with Gasteiger partial charge in [-0.15, -0.1) is 0 Å². The third-order valence-corrected chi connectivity index (χ3v) is 3.57. The van der Waals surface area contributed by atoms with Crippen molar-refractivity contribution >= 4 is 5.91 Å². The van der Waals surface area contributed by atoms with Crippen LogP contribution in [0, 0.1) is 6.92 Å². The molecule has 0 saturated carbocycles. The van der Waals surface area contributed by atoms with E-state index in [9.17, 15) is 4.79 Å². The Morgan fingerprint density at radius 1 is 1.41 bits per heavy atom. The number of carbonyl (C=O) groups is 1. The molecule has 22 heavy (non-hydrogen) atoms. The molecule has 2 aromatic heterocycles. The minimum Gasteiger partial charge on any atom is -0.481 e. The lowest BCUT2D eigenvalue weighted by Crippen LogP contribution is -2.37. The van der Waals surface area contributed by atoms with Gasteiger partial charge < -0.3 is 14.8 Å². The van der Waals surface area contributed by atoms with Crippen LogP contribution in [-0.4, -0.2) is 41.0 Å². The first-order valence-electron chi connectivity index (χ1n) is 6.90. The summed E-state index contributed by atoms with van der Waals surface area (Å²) in [6.07, 6.45) is 2.16. The summed E-state index contributed by atoms with van der Waals surface area (Å²) in [6, 6.07) is 3.49. The molecule has 3 heterocycles. The predicted octanol–water partition coefficient (Wildman–Crippen LogP) is 1.04. The third kappa shape index (κ3) is 2.77. The highest BCUT2D eigenvalue weighted by atomic mass is 16.6. The van der Waals surface area contributed by atoms with E-state index in [4.69, 9.17) is 9.47 Å². The summed E-state index contributed by atoms with van der Waals surface area (Å²) < 4.78 is 15.3. The lowest BCUT2D eigenvalue weighted by atomic mass is 10.0. The first-order chi connectivity index (χ1) is 10.7. The van der Waals surface area contributed by atoms with E-state index in [2.05, 4.69) is 25.2 Å². The average Bonchev–Trinajstić information content (AvgIpc) is 3.16. The van der Waals surface area contributed by atoms with Crippen molar-refractivity contribution in [3.63, 3.8) is 0 Å². The second-order valence-corrected chi connectivity index (χ2v) is 4.99. The minimum atomic E-state index is -0.319. The van der Waals surface area contributed by atoms with Crippen LogP contribution in [0.15, 0.2) is 23.0 Å². The van der Waals surface area contributed by atoms with E-state index in [-0.39, 0.29) is 23.7 Å². The summed E-state index contributed by atoms with van der Waals surface area (Å²) in [7, 11) is 1.56. The first-order valence-corrected chi connectivity index (χ1v) is 6.90. The molecule has 0 spiro atoms. The van der Waals surface area contributed by atoms with Gasteiger partial charge in [-0.25, -0.2) is 9.61 Å². The number of rotatable bonds is 4. The Bertz CT molecular complexity index is 655. The molecule has 0 bridgehead atoms. The lowest BCUT2D eigenvalue weighted by molar-refractivity contribution is 0.0813. The second-order valence-electron chi connectivity index (χ2n) is 4.99. The van der Waals surface area contributed by atoms with Gasteiger partial charge >= 0.3 is 0 Å². The van der Waals surface area contributed by atoms with Crippen molar-refractivity contribution in [3.8, 4) is 5.88 Å². The summed E-state index contributed by atoms with van der Waals surface area (Å²) in [6.45, 7) is 2.24. The number of hydrogen-bond acceptors (Lipinski definition) is 7. The number of ether oxygens (including phenoxy) is 2. The van der Waals surface area contributed by atoms with Gasteiger partial charge in [-0.2, -0.15) is 0 Å². The first kappa shape index (κ1) is 14.5. The van der Waals surface area contributed by atoms with Gasteiger partial charge in [0.25, 0.3) is 5.91 Å². The highest BCUT2D eigenvalue weighted by Crippen LogP contribution is 2.29. The summed E-state index contributed by atoms with van der Waals surface area (Å²) in [5.74, 6) is 0.215. The lowest BCUT2D eigenvalue weighted by Gasteiger charge is -2.19. The molecule has 3 rings (SSSR count). The van der Waals surface area contributed by atoms with Gasteiger partial charge in [0.15, 0.2) is 5.69 Å². The molecule has 1 amide bonds. The molecule has 116 valence electrons. The summed E-state index contributed by atoms with van der Waals surface area (Å²) in [4.78, 5) is 16.4. The van der Waals surface area contributed by atoms with Crippen LogP contribution in [0.1, 0.15) is 34.3 Å². The molecule has 0 unspecified atom stereocenters. The average molecular weight is 304 g/mol. The van der Waals surface area contributed by atoms with Gasteiger partial charge in [0, 0.05) is 24.4 Å². The number of pyridine rings is 1. The fourth-order valence-electron chi connectivity index (χ4n) is 2.42. The quantitative estimate of drug-likeness (QED) is 0.900. The molecule has 8 heteroatoms. The van der Waals surface area contributed by atoms with Crippen molar-refractivity contribution in [3.05, 3.63) is 35.3 Å². The summed E-state index contributed by atoms with van der Waals surface area (Å²) in [5.41, 5.74) is 1.54. The standard InChI is InChI=1S/C14H16N4O4/c1-8-12(18-22-17-8)14(19)16-10-5-6-21-13(10)9-3-4-11(20-2)15-7-9/h3-4,7,10,13H,5-6H2,1-2H3,(H,16,19)/t10-,13+/m0/s1. The molecule has 1 N–H and O–H groups in total. The summed E-state index contributed by atoms with van der Waals surface area (Å²) >= 11 is 0. The number of aromatic nitrogens is 3. The van der Waals surface area contributed by atoms with Crippen molar-refractivity contribution in [2.75, 3.05) is 13.7 Å². The fraction of sp³-hybridized carbons (Fsp3) is 0.429. The van der Waals surface area contributed by atoms with Crippen molar-refractivity contribution in [2.24, 2.45) is 0 Å².